The minimum Gasteiger partial charge on any atom is -0.480 e. The Labute approximate surface area is 206 Å². The lowest BCUT2D eigenvalue weighted by Crippen LogP contribution is -2.59. The van der Waals surface area contributed by atoms with E-state index in [0.717, 1.165) is 27.8 Å². The van der Waals surface area contributed by atoms with Crippen LogP contribution < -0.4 is 10.6 Å². The molecule has 3 rings (SSSR count). The standard InChI is InChI=1S/C28H34N2O5/c1-5-16-28(4,26(33)29-24(25(31)32)15-14-18(2)3)30-27(34)35-17-23-21-12-8-6-10-19(21)20-11-7-9-13-22(20)23/h6-14,23-24H,5,15-17H2,1-4H3,(H,29,33)(H,30,34)(H,31,32). The Morgan fingerprint density at radius 2 is 1.63 bits per heavy atom. The summed E-state index contributed by atoms with van der Waals surface area (Å²) in [6.07, 6.45) is 2.15. The van der Waals surface area contributed by atoms with Crippen LogP contribution in [0.1, 0.15) is 64.0 Å². The minimum absolute atomic E-state index is 0.0973. The summed E-state index contributed by atoms with van der Waals surface area (Å²) in [5, 5.41) is 14.8. The number of carbonyl (C=O) groups excluding carboxylic acids is 2. The monoisotopic (exact) mass is 478 g/mol. The summed E-state index contributed by atoms with van der Waals surface area (Å²) in [4.78, 5) is 37.5. The van der Waals surface area contributed by atoms with Gasteiger partial charge in [0.2, 0.25) is 5.91 Å². The number of benzene rings is 2. The van der Waals surface area contributed by atoms with Crippen molar-refractivity contribution in [2.24, 2.45) is 0 Å². The van der Waals surface area contributed by atoms with Crippen LogP contribution in [0.2, 0.25) is 0 Å². The molecule has 0 bridgehead atoms. The molecule has 2 aromatic carbocycles. The van der Waals surface area contributed by atoms with Gasteiger partial charge in [0.25, 0.3) is 0 Å². The smallest absolute Gasteiger partial charge is 0.408 e. The first-order valence-corrected chi connectivity index (χ1v) is 12.0. The van der Waals surface area contributed by atoms with Gasteiger partial charge in [-0.25, -0.2) is 9.59 Å². The Morgan fingerprint density at radius 3 is 2.14 bits per heavy atom. The number of allylic oxidation sites excluding steroid dienone is 1. The predicted molar refractivity (Wildman–Crippen MR) is 135 cm³/mol. The average molecular weight is 479 g/mol. The van der Waals surface area contributed by atoms with Crippen LogP contribution in [-0.4, -0.2) is 41.3 Å². The fourth-order valence-corrected chi connectivity index (χ4v) is 4.49. The third-order valence-electron chi connectivity index (χ3n) is 6.34. The third kappa shape index (κ3) is 6.10. The maximum atomic E-state index is 13.1. The number of carboxylic acids is 1. The third-order valence-corrected chi connectivity index (χ3v) is 6.34. The second-order valence-electron chi connectivity index (χ2n) is 9.41. The number of alkyl carbamates (subject to hydrolysis) is 1. The predicted octanol–water partition coefficient (Wildman–Crippen LogP) is 5.01. The highest BCUT2D eigenvalue weighted by Crippen LogP contribution is 2.44. The molecule has 0 aromatic heterocycles. The summed E-state index contributed by atoms with van der Waals surface area (Å²) in [6.45, 7) is 7.33. The zero-order valence-corrected chi connectivity index (χ0v) is 20.8. The fourth-order valence-electron chi connectivity index (χ4n) is 4.49. The number of ether oxygens (including phenoxy) is 1. The van der Waals surface area contributed by atoms with E-state index in [9.17, 15) is 19.5 Å². The number of nitrogens with one attached hydrogen (secondary N) is 2. The molecule has 2 unspecified atom stereocenters. The molecule has 0 spiro atoms. The van der Waals surface area contributed by atoms with Crippen molar-refractivity contribution in [1.29, 1.82) is 0 Å². The molecule has 2 amide bonds. The van der Waals surface area contributed by atoms with Gasteiger partial charge >= 0.3 is 12.1 Å². The molecule has 7 nitrogen and oxygen atoms in total. The second-order valence-corrected chi connectivity index (χ2v) is 9.41. The molecular formula is C28H34N2O5. The zero-order valence-electron chi connectivity index (χ0n) is 20.8. The first-order chi connectivity index (χ1) is 16.7. The van der Waals surface area contributed by atoms with Gasteiger partial charge in [0, 0.05) is 5.92 Å². The van der Waals surface area contributed by atoms with Crippen LogP contribution in [0.4, 0.5) is 4.79 Å². The molecule has 1 aliphatic carbocycles. The van der Waals surface area contributed by atoms with Crippen LogP contribution in [-0.2, 0) is 14.3 Å². The number of rotatable bonds is 10. The topological polar surface area (TPSA) is 105 Å². The average Bonchev–Trinajstić information content (AvgIpc) is 3.13. The molecule has 2 atom stereocenters. The van der Waals surface area contributed by atoms with Crippen molar-refractivity contribution in [3.8, 4) is 11.1 Å². The van der Waals surface area contributed by atoms with E-state index in [-0.39, 0.29) is 18.9 Å². The summed E-state index contributed by atoms with van der Waals surface area (Å²) in [6, 6.07) is 15.0. The maximum absolute atomic E-state index is 13.1. The zero-order chi connectivity index (χ0) is 25.6. The summed E-state index contributed by atoms with van der Waals surface area (Å²) >= 11 is 0. The molecule has 0 aliphatic heterocycles. The highest BCUT2D eigenvalue weighted by Gasteiger charge is 2.37. The van der Waals surface area contributed by atoms with Gasteiger partial charge in [-0.15, -0.1) is 0 Å². The quantitative estimate of drug-likeness (QED) is 0.417. The van der Waals surface area contributed by atoms with Crippen molar-refractivity contribution < 1.29 is 24.2 Å². The number of hydrogen-bond acceptors (Lipinski definition) is 4. The number of fused-ring (bicyclic) bond motifs is 3. The van der Waals surface area contributed by atoms with E-state index in [4.69, 9.17) is 4.74 Å². The molecule has 0 saturated carbocycles. The Hall–Kier alpha value is -3.61. The molecule has 35 heavy (non-hydrogen) atoms. The number of carbonyl (C=O) groups is 3. The molecular weight excluding hydrogens is 444 g/mol. The molecule has 1 aliphatic rings. The van der Waals surface area contributed by atoms with Gasteiger partial charge < -0.3 is 20.5 Å². The van der Waals surface area contributed by atoms with Crippen molar-refractivity contribution in [2.75, 3.05) is 6.61 Å². The van der Waals surface area contributed by atoms with E-state index in [0.29, 0.717) is 12.8 Å². The highest BCUT2D eigenvalue weighted by atomic mass is 16.5. The normalized spacial score (nSPS) is 14.6. The van der Waals surface area contributed by atoms with Crippen LogP contribution in [0.3, 0.4) is 0 Å². The van der Waals surface area contributed by atoms with Crippen LogP contribution in [0.5, 0.6) is 0 Å². The Balaban J connectivity index is 1.69. The molecule has 0 radical (unpaired) electrons. The SMILES string of the molecule is CCCC(C)(NC(=O)OCC1c2ccccc2-c2ccccc21)C(=O)NC(CC=C(C)C)C(=O)O. The summed E-state index contributed by atoms with van der Waals surface area (Å²) < 4.78 is 5.61. The summed E-state index contributed by atoms with van der Waals surface area (Å²) in [5.41, 5.74) is 4.10. The summed E-state index contributed by atoms with van der Waals surface area (Å²) in [7, 11) is 0. The van der Waals surface area contributed by atoms with Crippen molar-refractivity contribution in [2.45, 2.75) is 64.5 Å². The maximum Gasteiger partial charge on any atom is 0.408 e. The fraction of sp³-hybridized carbons (Fsp3) is 0.393. The number of hydrogen-bond donors (Lipinski definition) is 3. The lowest BCUT2D eigenvalue weighted by molar-refractivity contribution is -0.142. The van der Waals surface area contributed by atoms with Crippen molar-refractivity contribution in [3.63, 3.8) is 0 Å². The second kappa shape index (κ2) is 11.2. The lowest BCUT2D eigenvalue weighted by Gasteiger charge is -2.30. The molecule has 2 aromatic rings. The first kappa shape index (κ1) is 26.0. The minimum atomic E-state index is -1.31. The van der Waals surface area contributed by atoms with E-state index in [1.54, 1.807) is 13.0 Å². The van der Waals surface area contributed by atoms with Crippen molar-refractivity contribution in [1.82, 2.24) is 10.6 Å². The Morgan fingerprint density at radius 1 is 1.06 bits per heavy atom. The Bertz CT molecular complexity index is 1080. The van der Waals surface area contributed by atoms with E-state index in [1.807, 2.05) is 57.2 Å². The van der Waals surface area contributed by atoms with E-state index in [1.165, 1.54) is 0 Å². The van der Waals surface area contributed by atoms with Crippen LogP contribution in [0.25, 0.3) is 11.1 Å². The van der Waals surface area contributed by atoms with Crippen molar-refractivity contribution >= 4 is 18.0 Å². The Kier molecular flexibility index (Phi) is 8.33. The van der Waals surface area contributed by atoms with E-state index < -0.39 is 29.6 Å². The summed E-state index contributed by atoms with van der Waals surface area (Å²) in [5.74, 6) is -1.78. The number of carboxylic acid groups (broad SMARTS) is 1. The first-order valence-electron chi connectivity index (χ1n) is 12.0. The molecule has 0 heterocycles. The van der Waals surface area contributed by atoms with E-state index >= 15 is 0 Å². The lowest BCUT2D eigenvalue weighted by atomic mass is 9.94. The highest BCUT2D eigenvalue weighted by molar-refractivity contribution is 5.92. The number of amides is 2. The molecule has 186 valence electrons. The van der Waals surface area contributed by atoms with Crippen molar-refractivity contribution in [3.05, 3.63) is 71.3 Å². The molecule has 7 heteroatoms. The van der Waals surface area contributed by atoms with Gasteiger partial charge in [-0.3, -0.25) is 4.79 Å². The van der Waals surface area contributed by atoms with Gasteiger partial charge in [0.15, 0.2) is 0 Å². The van der Waals surface area contributed by atoms with Crippen LogP contribution in [0.15, 0.2) is 60.2 Å². The van der Waals surface area contributed by atoms with Crippen LogP contribution >= 0.6 is 0 Å². The van der Waals surface area contributed by atoms with Gasteiger partial charge in [0.1, 0.15) is 18.2 Å². The molecule has 0 saturated heterocycles. The molecule has 3 N–H and O–H groups in total. The van der Waals surface area contributed by atoms with Gasteiger partial charge in [-0.2, -0.15) is 0 Å². The van der Waals surface area contributed by atoms with Crippen LogP contribution in [0, 0.1) is 0 Å². The largest absolute Gasteiger partial charge is 0.480 e. The van der Waals surface area contributed by atoms with Gasteiger partial charge in [-0.1, -0.05) is 73.5 Å². The number of aliphatic carboxylic acids is 1. The molecule has 0 fully saturated rings. The van der Waals surface area contributed by atoms with Gasteiger partial charge in [-0.05, 0) is 55.9 Å². The van der Waals surface area contributed by atoms with Gasteiger partial charge in [0.05, 0.1) is 0 Å². The van der Waals surface area contributed by atoms with E-state index in [2.05, 4.69) is 22.8 Å².